The highest BCUT2D eigenvalue weighted by molar-refractivity contribution is 9.10. The molecule has 0 amide bonds. The third kappa shape index (κ3) is 2.85. The molecule has 0 aliphatic carbocycles. The van der Waals surface area contributed by atoms with Crippen LogP contribution in [0, 0.1) is 15.5 Å². The highest BCUT2D eigenvalue weighted by Gasteiger charge is 2.45. The summed E-state index contributed by atoms with van der Waals surface area (Å²) in [4.78, 5) is 21.2. The van der Waals surface area contributed by atoms with Crippen LogP contribution in [0.25, 0.3) is 0 Å². The topological polar surface area (TPSA) is 118 Å². The Bertz CT molecular complexity index is 750. The summed E-state index contributed by atoms with van der Waals surface area (Å²) in [5.74, 6) is -1.05. The number of hydrogen-bond acceptors (Lipinski definition) is 5. The molecule has 22 heavy (non-hydrogen) atoms. The standard InChI is InChI=1S/C12H13BrN2O6S/c1-12(11(16)17)4-5-14(7-12)22(20,21)8-2-3-10(15(18)19)9(13)6-8/h2-3,6H,4-5,7H2,1H3,(H,16,17). The SMILES string of the molecule is CC1(C(=O)O)CCN(S(=O)(=O)c2ccc([N+](=O)[O-])c(Br)c2)C1. The molecule has 8 nitrogen and oxygen atoms in total. The maximum atomic E-state index is 12.5. The number of nitro benzene ring substituents is 1. The molecule has 0 aromatic heterocycles. The van der Waals surface area contributed by atoms with Crippen LogP contribution in [0.2, 0.25) is 0 Å². The average Bonchev–Trinajstić information content (AvgIpc) is 2.83. The lowest BCUT2D eigenvalue weighted by molar-refractivity contribution is -0.385. The lowest BCUT2D eigenvalue weighted by Gasteiger charge is -2.20. The van der Waals surface area contributed by atoms with Gasteiger partial charge in [-0.3, -0.25) is 14.9 Å². The first-order chi connectivity index (χ1) is 10.1. The van der Waals surface area contributed by atoms with Gasteiger partial charge in [-0.15, -0.1) is 0 Å². The number of carboxylic acids is 1. The molecule has 0 radical (unpaired) electrons. The quantitative estimate of drug-likeness (QED) is 0.616. The highest BCUT2D eigenvalue weighted by Crippen LogP contribution is 2.35. The van der Waals surface area contributed by atoms with Gasteiger partial charge in [-0.25, -0.2) is 8.42 Å². The Morgan fingerprint density at radius 3 is 2.59 bits per heavy atom. The number of rotatable bonds is 4. The molecule has 1 unspecified atom stereocenters. The molecule has 1 saturated heterocycles. The molecule has 1 fully saturated rings. The Labute approximate surface area is 135 Å². The number of aliphatic carboxylic acids is 1. The maximum Gasteiger partial charge on any atom is 0.310 e. The molecular formula is C12H13BrN2O6S. The van der Waals surface area contributed by atoms with Gasteiger partial charge in [0, 0.05) is 19.2 Å². The van der Waals surface area contributed by atoms with E-state index in [0.717, 1.165) is 22.5 Å². The molecule has 120 valence electrons. The molecule has 2 rings (SSSR count). The van der Waals surface area contributed by atoms with E-state index in [2.05, 4.69) is 15.9 Å². The number of hydrogen-bond donors (Lipinski definition) is 1. The van der Waals surface area contributed by atoms with Gasteiger partial charge in [-0.05, 0) is 41.4 Å². The van der Waals surface area contributed by atoms with Crippen molar-refractivity contribution < 1.29 is 23.2 Å². The van der Waals surface area contributed by atoms with E-state index in [9.17, 15) is 23.3 Å². The Morgan fingerprint density at radius 2 is 2.14 bits per heavy atom. The molecule has 10 heteroatoms. The van der Waals surface area contributed by atoms with Crippen LogP contribution >= 0.6 is 15.9 Å². The maximum absolute atomic E-state index is 12.5. The second-order valence-corrected chi connectivity index (χ2v) is 8.12. The molecule has 1 heterocycles. The van der Waals surface area contributed by atoms with E-state index in [1.54, 1.807) is 0 Å². The summed E-state index contributed by atoms with van der Waals surface area (Å²) in [6, 6.07) is 3.40. The van der Waals surface area contributed by atoms with E-state index < -0.39 is 26.3 Å². The molecule has 1 atom stereocenters. The number of halogens is 1. The van der Waals surface area contributed by atoms with Crippen molar-refractivity contribution in [1.82, 2.24) is 4.31 Å². The summed E-state index contributed by atoms with van der Waals surface area (Å²) in [5, 5.41) is 19.9. The second-order valence-electron chi connectivity index (χ2n) is 5.32. The van der Waals surface area contributed by atoms with Gasteiger partial charge >= 0.3 is 5.97 Å². The summed E-state index contributed by atoms with van der Waals surface area (Å²) in [6.07, 6.45) is 0.218. The zero-order chi connectivity index (χ0) is 16.7. The average molecular weight is 393 g/mol. The summed E-state index contributed by atoms with van der Waals surface area (Å²) >= 11 is 2.98. The van der Waals surface area contributed by atoms with Crippen LogP contribution in [-0.2, 0) is 14.8 Å². The molecular weight excluding hydrogens is 380 g/mol. The van der Waals surface area contributed by atoms with E-state index in [0.29, 0.717) is 0 Å². The van der Waals surface area contributed by atoms with E-state index in [-0.39, 0.29) is 34.6 Å². The van der Waals surface area contributed by atoms with Crippen molar-refractivity contribution in [3.05, 3.63) is 32.8 Å². The summed E-state index contributed by atoms with van der Waals surface area (Å²) in [7, 11) is -3.89. The van der Waals surface area contributed by atoms with Gasteiger partial charge in [0.1, 0.15) is 0 Å². The first-order valence-electron chi connectivity index (χ1n) is 6.25. The first-order valence-corrected chi connectivity index (χ1v) is 8.49. The first kappa shape index (κ1) is 16.8. The van der Waals surface area contributed by atoms with Crippen LogP contribution in [0.15, 0.2) is 27.6 Å². The van der Waals surface area contributed by atoms with Gasteiger partial charge < -0.3 is 5.11 Å². The molecule has 1 aliphatic rings. The van der Waals surface area contributed by atoms with Crippen molar-refractivity contribution in [2.75, 3.05) is 13.1 Å². The Hall–Kier alpha value is -1.52. The number of carbonyl (C=O) groups is 1. The monoisotopic (exact) mass is 392 g/mol. The summed E-state index contributed by atoms with van der Waals surface area (Å²) in [6.45, 7) is 1.47. The van der Waals surface area contributed by atoms with Crippen molar-refractivity contribution in [3.8, 4) is 0 Å². The van der Waals surface area contributed by atoms with E-state index >= 15 is 0 Å². The van der Waals surface area contributed by atoms with Gasteiger partial charge in [-0.1, -0.05) is 0 Å². The molecule has 1 N–H and O–H groups in total. The third-order valence-electron chi connectivity index (χ3n) is 3.71. The van der Waals surface area contributed by atoms with Gasteiger partial charge in [0.15, 0.2) is 0 Å². The third-order valence-corrected chi connectivity index (χ3v) is 6.18. The van der Waals surface area contributed by atoms with Gasteiger partial charge in [0.2, 0.25) is 10.0 Å². The number of benzene rings is 1. The van der Waals surface area contributed by atoms with Crippen LogP contribution in [-0.4, -0.2) is 41.8 Å². The van der Waals surface area contributed by atoms with Crippen LogP contribution in [0.3, 0.4) is 0 Å². The predicted molar refractivity (Wildman–Crippen MR) is 79.9 cm³/mol. The Morgan fingerprint density at radius 1 is 1.50 bits per heavy atom. The van der Waals surface area contributed by atoms with E-state index in [4.69, 9.17) is 5.11 Å². The fraction of sp³-hybridized carbons (Fsp3) is 0.417. The van der Waals surface area contributed by atoms with Gasteiger partial charge in [0.25, 0.3) is 5.69 Å². The summed E-state index contributed by atoms with van der Waals surface area (Å²) < 4.78 is 26.2. The number of carboxylic acid groups (broad SMARTS) is 1. The minimum atomic E-state index is -3.89. The number of nitrogens with zero attached hydrogens (tertiary/aromatic N) is 2. The van der Waals surface area contributed by atoms with Crippen molar-refractivity contribution in [3.63, 3.8) is 0 Å². The van der Waals surface area contributed by atoms with Crippen LogP contribution in [0.1, 0.15) is 13.3 Å². The zero-order valence-electron chi connectivity index (χ0n) is 11.5. The number of nitro groups is 1. The number of sulfonamides is 1. The molecule has 0 saturated carbocycles. The van der Waals surface area contributed by atoms with Crippen LogP contribution in [0.5, 0.6) is 0 Å². The van der Waals surface area contributed by atoms with Crippen molar-refractivity contribution >= 4 is 37.6 Å². The molecule has 1 aromatic carbocycles. The predicted octanol–water partition coefficient (Wildman–Crippen LogP) is 1.84. The lowest BCUT2D eigenvalue weighted by atomic mass is 9.90. The fourth-order valence-electron chi connectivity index (χ4n) is 2.24. The van der Waals surface area contributed by atoms with Crippen LogP contribution in [0.4, 0.5) is 5.69 Å². The molecule has 1 aromatic rings. The van der Waals surface area contributed by atoms with Crippen LogP contribution < -0.4 is 0 Å². The molecule has 0 bridgehead atoms. The zero-order valence-corrected chi connectivity index (χ0v) is 13.9. The van der Waals surface area contributed by atoms with Gasteiger partial charge in [-0.2, -0.15) is 4.31 Å². The second kappa shape index (κ2) is 5.60. The Kier molecular flexibility index (Phi) is 4.28. The largest absolute Gasteiger partial charge is 0.481 e. The van der Waals surface area contributed by atoms with Crippen molar-refractivity contribution in [2.45, 2.75) is 18.2 Å². The van der Waals surface area contributed by atoms with Crippen molar-refractivity contribution in [2.24, 2.45) is 5.41 Å². The van der Waals surface area contributed by atoms with E-state index in [1.165, 1.54) is 6.92 Å². The summed E-state index contributed by atoms with van der Waals surface area (Å²) in [5.41, 5.74) is -1.36. The minimum absolute atomic E-state index is 0.0544. The smallest absolute Gasteiger partial charge is 0.310 e. The molecule has 0 spiro atoms. The fourth-order valence-corrected chi connectivity index (χ4v) is 4.51. The lowest BCUT2D eigenvalue weighted by Crippen LogP contribution is -2.34. The van der Waals surface area contributed by atoms with Gasteiger partial charge in [0.05, 0.1) is 19.7 Å². The molecule has 1 aliphatic heterocycles. The van der Waals surface area contributed by atoms with E-state index in [1.807, 2.05) is 0 Å². The highest BCUT2D eigenvalue weighted by atomic mass is 79.9. The van der Waals surface area contributed by atoms with Crippen molar-refractivity contribution in [1.29, 1.82) is 0 Å². The normalized spacial score (nSPS) is 22.6. The Balaban J connectivity index is 2.35. The minimum Gasteiger partial charge on any atom is -0.481 e.